The van der Waals surface area contributed by atoms with Crippen molar-refractivity contribution in [3.8, 4) is 5.75 Å². The summed E-state index contributed by atoms with van der Waals surface area (Å²) in [7, 11) is 0. The lowest BCUT2D eigenvalue weighted by Gasteiger charge is -2.10. The summed E-state index contributed by atoms with van der Waals surface area (Å²) in [5.41, 5.74) is 0.268. The molecule has 5 nitrogen and oxygen atoms in total. The summed E-state index contributed by atoms with van der Waals surface area (Å²) in [6, 6.07) is 11.3. The Kier molecular flexibility index (Phi) is 5.62. The lowest BCUT2D eigenvalue weighted by atomic mass is 10.2. The molecular formula is C15H11ClINO4. The number of hydrogen-bond donors (Lipinski definition) is 2. The highest BCUT2D eigenvalue weighted by Gasteiger charge is 2.13. The second kappa shape index (κ2) is 7.46. The molecule has 0 spiro atoms. The van der Waals surface area contributed by atoms with Gasteiger partial charge in [-0.15, -0.1) is 0 Å². The molecule has 0 aliphatic carbocycles. The number of ether oxygens (including phenoxy) is 1. The summed E-state index contributed by atoms with van der Waals surface area (Å²) in [6.07, 6.45) is 0. The van der Waals surface area contributed by atoms with E-state index in [1.165, 1.54) is 6.07 Å². The molecule has 0 atom stereocenters. The predicted molar refractivity (Wildman–Crippen MR) is 91.7 cm³/mol. The number of anilines is 1. The maximum atomic E-state index is 11.9. The van der Waals surface area contributed by atoms with Crippen LogP contribution in [-0.4, -0.2) is 23.6 Å². The van der Waals surface area contributed by atoms with Crippen LogP contribution in [0.2, 0.25) is 5.02 Å². The molecular weight excluding hydrogens is 421 g/mol. The first kappa shape index (κ1) is 16.6. The molecule has 0 aliphatic heterocycles. The Labute approximate surface area is 145 Å². The maximum Gasteiger partial charge on any atom is 0.337 e. The van der Waals surface area contributed by atoms with Gasteiger partial charge in [-0.3, -0.25) is 4.79 Å². The average molecular weight is 432 g/mol. The van der Waals surface area contributed by atoms with Crippen molar-refractivity contribution in [3.63, 3.8) is 0 Å². The molecule has 2 N–H and O–H groups in total. The fraction of sp³-hybridized carbons (Fsp3) is 0.0667. The predicted octanol–water partition coefficient (Wildman–Crippen LogP) is 3.66. The highest BCUT2D eigenvalue weighted by molar-refractivity contribution is 14.1. The van der Waals surface area contributed by atoms with E-state index in [0.29, 0.717) is 10.8 Å². The summed E-state index contributed by atoms with van der Waals surface area (Å²) in [6.45, 7) is -0.229. The van der Waals surface area contributed by atoms with Crippen LogP contribution in [0.1, 0.15) is 10.4 Å². The number of benzene rings is 2. The zero-order chi connectivity index (χ0) is 16.1. The largest absolute Gasteiger partial charge is 0.484 e. The van der Waals surface area contributed by atoms with Crippen molar-refractivity contribution in [1.29, 1.82) is 0 Å². The molecule has 0 fully saturated rings. The van der Waals surface area contributed by atoms with Gasteiger partial charge >= 0.3 is 5.97 Å². The third kappa shape index (κ3) is 4.60. The number of rotatable bonds is 5. The topological polar surface area (TPSA) is 75.6 Å². The number of carbonyl (C=O) groups excluding carboxylic acids is 1. The first-order valence-electron chi connectivity index (χ1n) is 6.17. The number of carbonyl (C=O) groups is 2. The fourth-order valence-corrected chi connectivity index (χ4v) is 2.29. The van der Waals surface area contributed by atoms with Gasteiger partial charge in [0, 0.05) is 8.59 Å². The highest BCUT2D eigenvalue weighted by Crippen LogP contribution is 2.19. The van der Waals surface area contributed by atoms with Gasteiger partial charge in [-0.05, 0) is 65.1 Å². The number of amides is 1. The summed E-state index contributed by atoms with van der Waals surface area (Å²) < 4.78 is 6.07. The molecule has 0 saturated carbocycles. The van der Waals surface area contributed by atoms with E-state index in [2.05, 4.69) is 5.32 Å². The third-order valence-electron chi connectivity index (χ3n) is 2.67. The van der Waals surface area contributed by atoms with Gasteiger partial charge in [0.2, 0.25) is 0 Å². The Balaban J connectivity index is 2.00. The van der Waals surface area contributed by atoms with E-state index >= 15 is 0 Å². The third-order valence-corrected chi connectivity index (χ3v) is 3.59. The van der Waals surface area contributed by atoms with Crippen LogP contribution in [-0.2, 0) is 4.79 Å². The summed E-state index contributed by atoms with van der Waals surface area (Å²) in [5.74, 6) is -1.05. The average Bonchev–Trinajstić information content (AvgIpc) is 2.48. The fourth-order valence-electron chi connectivity index (χ4n) is 1.67. The quantitative estimate of drug-likeness (QED) is 0.709. The molecule has 0 unspecified atom stereocenters. The summed E-state index contributed by atoms with van der Waals surface area (Å²) in [5, 5.41) is 12.2. The maximum absolute atomic E-state index is 11.9. The molecule has 0 bridgehead atoms. The Morgan fingerprint density at radius 2 is 1.86 bits per heavy atom. The molecule has 2 aromatic rings. The number of carboxylic acids is 1. The molecule has 0 heterocycles. The van der Waals surface area contributed by atoms with Crippen LogP contribution in [0.4, 0.5) is 5.69 Å². The number of nitrogens with one attached hydrogen (secondary N) is 1. The van der Waals surface area contributed by atoms with Crippen molar-refractivity contribution in [2.45, 2.75) is 0 Å². The summed E-state index contributed by atoms with van der Waals surface area (Å²) >= 11 is 7.76. The van der Waals surface area contributed by atoms with Crippen molar-refractivity contribution in [2.24, 2.45) is 0 Å². The van der Waals surface area contributed by atoms with E-state index in [0.717, 1.165) is 3.57 Å². The number of hydrogen-bond acceptors (Lipinski definition) is 3. The van der Waals surface area contributed by atoms with Crippen LogP contribution in [0.25, 0.3) is 0 Å². The smallest absolute Gasteiger partial charge is 0.337 e. The van der Waals surface area contributed by atoms with E-state index < -0.39 is 11.9 Å². The number of aromatic carboxylic acids is 1. The van der Waals surface area contributed by atoms with Gasteiger partial charge in [0.25, 0.3) is 5.91 Å². The minimum Gasteiger partial charge on any atom is -0.484 e. The van der Waals surface area contributed by atoms with Gasteiger partial charge < -0.3 is 15.2 Å². The van der Waals surface area contributed by atoms with Crippen LogP contribution < -0.4 is 10.1 Å². The first-order valence-corrected chi connectivity index (χ1v) is 7.62. The zero-order valence-electron chi connectivity index (χ0n) is 11.2. The second-order valence-corrected chi connectivity index (χ2v) is 5.97. The first-order chi connectivity index (χ1) is 10.5. The Bertz CT molecular complexity index is 703. The number of carboxylic acid groups (broad SMARTS) is 1. The van der Waals surface area contributed by atoms with Crippen LogP contribution in [0.3, 0.4) is 0 Å². The van der Waals surface area contributed by atoms with Crippen molar-refractivity contribution >= 4 is 51.8 Å². The van der Waals surface area contributed by atoms with Crippen molar-refractivity contribution in [2.75, 3.05) is 11.9 Å². The lowest BCUT2D eigenvalue weighted by molar-refractivity contribution is -0.118. The Morgan fingerprint density at radius 1 is 1.18 bits per heavy atom. The lowest BCUT2D eigenvalue weighted by Crippen LogP contribution is -2.21. The molecule has 0 radical (unpaired) electrons. The Morgan fingerprint density at radius 3 is 2.50 bits per heavy atom. The number of halogens is 2. The Hall–Kier alpha value is -1.80. The molecule has 1 amide bonds. The molecule has 0 saturated heterocycles. The summed E-state index contributed by atoms with van der Waals surface area (Å²) in [4.78, 5) is 23.0. The van der Waals surface area contributed by atoms with Crippen LogP contribution in [0.5, 0.6) is 5.75 Å². The van der Waals surface area contributed by atoms with Crippen LogP contribution >= 0.6 is 34.2 Å². The standard InChI is InChI=1S/C15H11ClINO4/c16-9-1-4-11(5-2-9)22-8-14(19)18-13-6-3-10(17)7-12(13)15(20)21/h1-7H,8H2,(H,18,19)(H,20,21). The molecule has 114 valence electrons. The molecule has 0 aliphatic rings. The monoisotopic (exact) mass is 431 g/mol. The van der Waals surface area contributed by atoms with Gasteiger partial charge in [0.1, 0.15) is 5.75 Å². The molecule has 2 rings (SSSR count). The zero-order valence-corrected chi connectivity index (χ0v) is 14.1. The van der Waals surface area contributed by atoms with Crippen LogP contribution in [0.15, 0.2) is 42.5 Å². The second-order valence-electron chi connectivity index (χ2n) is 4.29. The SMILES string of the molecule is O=C(COc1ccc(Cl)cc1)Nc1ccc(I)cc1C(=O)O. The van der Waals surface area contributed by atoms with Crippen LogP contribution in [0, 0.1) is 3.57 Å². The van der Waals surface area contributed by atoms with E-state index in [1.54, 1.807) is 36.4 Å². The van der Waals surface area contributed by atoms with Gasteiger partial charge in [0.05, 0.1) is 11.3 Å². The molecule has 0 aromatic heterocycles. The van der Waals surface area contributed by atoms with Gasteiger partial charge in [-0.1, -0.05) is 11.6 Å². The van der Waals surface area contributed by atoms with E-state index in [1.807, 2.05) is 22.6 Å². The van der Waals surface area contributed by atoms with Gasteiger partial charge in [-0.2, -0.15) is 0 Å². The van der Waals surface area contributed by atoms with Gasteiger partial charge in [0.15, 0.2) is 6.61 Å². The minimum absolute atomic E-state index is 0.0340. The molecule has 22 heavy (non-hydrogen) atoms. The molecule has 7 heteroatoms. The van der Waals surface area contributed by atoms with E-state index in [-0.39, 0.29) is 17.9 Å². The van der Waals surface area contributed by atoms with Crippen molar-refractivity contribution in [3.05, 3.63) is 56.6 Å². The van der Waals surface area contributed by atoms with Crippen molar-refractivity contribution < 1.29 is 19.4 Å². The van der Waals surface area contributed by atoms with Crippen molar-refractivity contribution in [1.82, 2.24) is 0 Å². The van der Waals surface area contributed by atoms with Gasteiger partial charge in [-0.25, -0.2) is 4.79 Å². The minimum atomic E-state index is -1.10. The highest BCUT2D eigenvalue weighted by atomic mass is 127. The van der Waals surface area contributed by atoms with E-state index in [9.17, 15) is 9.59 Å². The van der Waals surface area contributed by atoms with E-state index in [4.69, 9.17) is 21.4 Å². The molecule has 2 aromatic carbocycles. The normalized spacial score (nSPS) is 10.1.